The minimum absolute atomic E-state index is 0.0450. The van der Waals surface area contributed by atoms with E-state index in [-0.39, 0.29) is 17.5 Å². The zero-order valence-corrected chi connectivity index (χ0v) is 10.0. The number of amides is 1. The van der Waals surface area contributed by atoms with E-state index in [4.69, 9.17) is 5.73 Å². The Kier molecular flexibility index (Phi) is 4.11. The van der Waals surface area contributed by atoms with Crippen LogP contribution in [0.4, 0.5) is 0 Å². The lowest BCUT2D eigenvalue weighted by molar-refractivity contribution is -0.124. The van der Waals surface area contributed by atoms with Crippen molar-refractivity contribution in [2.45, 2.75) is 45.2 Å². The average molecular weight is 213 g/mol. The van der Waals surface area contributed by atoms with Gasteiger partial charge in [0.1, 0.15) is 0 Å². The van der Waals surface area contributed by atoms with Crippen LogP contribution in [-0.2, 0) is 4.79 Å². The zero-order chi connectivity index (χ0) is 11.5. The second-order valence-electron chi connectivity index (χ2n) is 4.74. The molecule has 0 aromatic carbocycles. The number of carbonyl (C=O) groups excluding carboxylic acids is 1. The van der Waals surface area contributed by atoms with Gasteiger partial charge in [-0.2, -0.15) is 0 Å². The van der Waals surface area contributed by atoms with Gasteiger partial charge >= 0.3 is 0 Å². The Balaban J connectivity index is 2.19. The quantitative estimate of drug-likeness (QED) is 0.691. The fraction of sp³-hybridized carbons (Fsp3) is 0.909. The molecule has 1 atom stereocenters. The van der Waals surface area contributed by atoms with Crippen LogP contribution in [0.2, 0.25) is 0 Å². The summed E-state index contributed by atoms with van der Waals surface area (Å²) in [6, 6.07) is 0.271. The van der Waals surface area contributed by atoms with E-state index in [0.29, 0.717) is 6.54 Å². The number of hydrogen-bond acceptors (Lipinski definition) is 3. The van der Waals surface area contributed by atoms with Crippen LogP contribution in [0.3, 0.4) is 0 Å². The summed E-state index contributed by atoms with van der Waals surface area (Å²) in [5.74, 6) is 0.113. The molecule has 1 rings (SSSR count). The van der Waals surface area contributed by atoms with Gasteiger partial charge in [0.15, 0.2) is 0 Å². The Labute approximate surface area is 92.2 Å². The molecule has 15 heavy (non-hydrogen) atoms. The third-order valence-corrected chi connectivity index (χ3v) is 3.17. The van der Waals surface area contributed by atoms with Gasteiger partial charge in [-0.1, -0.05) is 13.8 Å². The fourth-order valence-corrected chi connectivity index (χ4v) is 1.81. The number of nitrogens with two attached hydrogens (primary N) is 1. The van der Waals surface area contributed by atoms with Crippen LogP contribution in [0.25, 0.3) is 0 Å². The number of likely N-dealkylation sites (tertiary alicyclic amines) is 1. The second-order valence-corrected chi connectivity index (χ2v) is 4.74. The molecule has 1 unspecified atom stereocenters. The van der Waals surface area contributed by atoms with Crippen LogP contribution < -0.4 is 11.1 Å². The highest BCUT2D eigenvalue weighted by Crippen LogP contribution is 2.20. The lowest BCUT2D eigenvalue weighted by Crippen LogP contribution is -2.68. The number of hydrogen-bond donors (Lipinski definition) is 2. The van der Waals surface area contributed by atoms with Crippen molar-refractivity contribution < 1.29 is 4.79 Å². The maximum atomic E-state index is 11.5. The van der Waals surface area contributed by atoms with Gasteiger partial charge in [0.25, 0.3) is 0 Å². The van der Waals surface area contributed by atoms with E-state index >= 15 is 0 Å². The maximum absolute atomic E-state index is 11.5. The topological polar surface area (TPSA) is 58.4 Å². The van der Waals surface area contributed by atoms with Crippen molar-refractivity contribution in [3.05, 3.63) is 0 Å². The minimum atomic E-state index is -0.0450. The molecule has 1 aliphatic heterocycles. The molecular formula is C11H23N3O. The molecule has 4 nitrogen and oxygen atoms in total. The Hall–Kier alpha value is -0.610. The largest absolute Gasteiger partial charge is 0.353 e. The summed E-state index contributed by atoms with van der Waals surface area (Å²) in [5, 5.41) is 2.95. The summed E-state index contributed by atoms with van der Waals surface area (Å²) in [6.45, 7) is 8.36. The predicted molar refractivity (Wildman–Crippen MR) is 61.5 cm³/mol. The van der Waals surface area contributed by atoms with E-state index < -0.39 is 0 Å². The predicted octanol–water partition coefficient (Wildman–Crippen LogP) is 0.324. The van der Waals surface area contributed by atoms with Gasteiger partial charge < -0.3 is 11.1 Å². The number of nitrogens with one attached hydrogen (secondary N) is 1. The van der Waals surface area contributed by atoms with Crippen molar-refractivity contribution in [2.75, 3.05) is 19.6 Å². The normalized spacial score (nSPS) is 21.9. The molecule has 0 spiro atoms. The molecule has 1 saturated heterocycles. The number of carbonyl (C=O) groups is 1. The summed E-state index contributed by atoms with van der Waals surface area (Å²) in [5.41, 5.74) is 5.98. The van der Waals surface area contributed by atoms with Gasteiger partial charge in [0.05, 0.1) is 6.54 Å². The van der Waals surface area contributed by atoms with E-state index in [1.807, 2.05) is 6.92 Å². The maximum Gasteiger partial charge on any atom is 0.234 e. The molecule has 0 saturated carbocycles. The summed E-state index contributed by atoms with van der Waals surface area (Å²) in [7, 11) is 0. The highest BCUT2D eigenvalue weighted by atomic mass is 16.2. The van der Waals surface area contributed by atoms with Gasteiger partial charge in [-0.3, -0.25) is 9.69 Å². The zero-order valence-electron chi connectivity index (χ0n) is 10.0. The van der Waals surface area contributed by atoms with Gasteiger partial charge in [-0.15, -0.1) is 0 Å². The molecule has 0 bridgehead atoms. The Bertz CT molecular complexity index is 224. The molecule has 88 valence electrons. The van der Waals surface area contributed by atoms with Gasteiger partial charge in [-0.05, 0) is 19.8 Å². The molecule has 1 amide bonds. The molecule has 4 heteroatoms. The average Bonchev–Trinajstić information content (AvgIpc) is 2.14. The first-order valence-corrected chi connectivity index (χ1v) is 5.79. The first-order valence-electron chi connectivity index (χ1n) is 5.79. The Morgan fingerprint density at radius 2 is 2.13 bits per heavy atom. The summed E-state index contributed by atoms with van der Waals surface area (Å²) < 4.78 is 0. The third-order valence-electron chi connectivity index (χ3n) is 3.17. The third kappa shape index (κ3) is 3.47. The van der Waals surface area contributed by atoms with Gasteiger partial charge in [0.2, 0.25) is 5.91 Å². The van der Waals surface area contributed by atoms with Gasteiger partial charge in [0, 0.05) is 24.7 Å². The van der Waals surface area contributed by atoms with Crippen LogP contribution in [0.1, 0.15) is 33.6 Å². The molecule has 0 radical (unpaired) electrons. The van der Waals surface area contributed by atoms with E-state index in [1.165, 1.54) is 0 Å². The van der Waals surface area contributed by atoms with Gasteiger partial charge in [-0.25, -0.2) is 0 Å². The first kappa shape index (κ1) is 12.5. The fourth-order valence-electron chi connectivity index (χ4n) is 1.81. The lowest BCUT2D eigenvalue weighted by atomic mass is 9.88. The monoisotopic (exact) mass is 213 g/mol. The number of rotatable bonds is 5. The van der Waals surface area contributed by atoms with Crippen molar-refractivity contribution in [2.24, 2.45) is 5.73 Å². The summed E-state index contributed by atoms with van der Waals surface area (Å²) in [6.07, 6.45) is 1.96. The molecule has 1 fully saturated rings. The van der Waals surface area contributed by atoms with Crippen LogP contribution >= 0.6 is 0 Å². The van der Waals surface area contributed by atoms with Crippen LogP contribution in [0, 0.1) is 0 Å². The highest BCUT2D eigenvalue weighted by Gasteiger charge is 2.38. The van der Waals surface area contributed by atoms with Crippen LogP contribution in [0.15, 0.2) is 0 Å². The molecule has 0 aromatic heterocycles. The summed E-state index contributed by atoms with van der Waals surface area (Å²) in [4.78, 5) is 13.6. The van der Waals surface area contributed by atoms with Crippen LogP contribution in [-0.4, -0.2) is 42.0 Å². The van der Waals surface area contributed by atoms with E-state index in [1.54, 1.807) is 0 Å². The van der Waals surface area contributed by atoms with Crippen molar-refractivity contribution >= 4 is 5.91 Å². The Morgan fingerprint density at radius 3 is 2.60 bits per heavy atom. The van der Waals surface area contributed by atoms with Crippen LogP contribution in [0.5, 0.6) is 0 Å². The highest BCUT2D eigenvalue weighted by molar-refractivity contribution is 5.78. The molecule has 3 N–H and O–H groups in total. The molecular weight excluding hydrogens is 190 g/mol. The molecule has 1 heterocycles. The van der Waals surface area contributed by atoms with Crippen molar-refractivity contribution in [3.63, 3.8) is 0 Å². The smallest absolute Gasteiger partial charge is 0.234 e. The molecule has 0 aliphatic carbocycles. The van der Waals surface area contributed by atoms with E-state index in [0.717, 1.165) is 25.9 Å². The van der Waals surface area contributed by atoms with E-state index in [9.17, 15) is 4.79 Å². The Morgan fingerprint density at radius 1 is 1.53 bits per heavy atom. The molecule has 0 aromatic rings. The number of nitrogens with zero attached hydrogens (tertiary/aromatic N) is 1. The summed E-state index contributed by atoms with van der Waals surface area (Å²) >= 11 is 0. The van der Waals surface area contributed by atoms with E-state index in [2.05, 4.69) is 24.1 Å². The van der Waals surface area contributed by atoms with Crippen molar-refractivity contribution in [1.82, 2.24) is 10.2 Å². The minimum Gasteiger partial charge on any atom is -0.353 e. The second kappa shape index (κ2) is 4.94. The standard InChI is InChI=1S/C11H23N3O/c1-4-9(3)13-10(15)6-14-7-11(12,5-2)8-14/h9H,4-8,12H2,1-3H3,(H,13,15). The SMILES string of the molecule is CCC(C)NC(=O)CN1CC(N)(CC)C1. The van der Waals surface area contributed by atoms with Crippen molar-refractivity contribution in [1.29, 1.82) is 0 Å². The molecule has 1 aliphatic rings. The lowest BCUT2D eigenvalue weighted by Gasteiger charge is -2.47. The first-order chi connectivity index (χ1) is 6.99. The van der Waals surface area contributed by atoms with Crippen molar-refractivity contribution in [3.8, 4) is 0 Å².